The van der Waals surface area contributed by atoms with E-state index in [1.807, 2.05) is 48.5 Å². The second kappa shape index (κ2) is 8.68. The highest BCUT2D eigenvalue weighted by molar-refractivity contribution is 6.39. The van der Waals surface area contributed by atoms with Gasteiger partial charge in [-0.1, -0.05) is 48.9 Å². The Labute approximate surface area is 169 Å². The summed E-state index contributed by atoms with van der Waals surface area (Å²) in [7, 11) is 0. The number of hydrogen-bond acceptors (Lipinski definition) is 4. The van der Waals surface area contributed by atoms with E-state index < -0.39 is 11.8 Å². The Morgan fingerprint density at radius 2 is 1.90 bits per heavy atom. The van der Waals surface area contributed by atoms with E-state index >= 15 is 0 Å². The number of amides is 2. The molecule has 4 rings (SSSR count). The third-order valence-electron chi connectivity index (χ3n) is 5.27. The molecule has 1 fully saturated rings. The molecule has 0 unspecified atom stereocenters. The van der Waals surface area contributed by atoms with Crippen molar-refractivity contribution in [3.8, 4) is 0 Å². The Hall–Kier alpha value is -3.48. The van der Waals surface area contributed by atoms with Crippen LogP contribution < -0.4 is 10.6 Å². The minimum absolute atomic E-state index is 0.137. The number of carbonyl (C=O) groups is 2. The predicted molar refractivity (Wildman–Crippen MR) is 109 cm³/mol. The van der Waals surface area contributed by atoms with Crippen LogP contribution in [0.15, 0.2) is 67.3 Å². The summed E-state index contributed by atoms with van der Waals surface area (Å²) >= 11 is 0. The van der Waals surface area contributed by atoms with Crippen molar-refractivity contribution in [2.75, 3.05) is 5.32 Å². The summed E-state index contributed by atoms with van der Waals surface area (Å²) in [5.41, 5.74) is 2.56. The molecule has 7 nitrogen and oxygen atoms in total. The monoisotopic (exact) mass is 389 g/mol. The highest BCUT2D eigenvalue weighted by Crippen LogP contribution is 2.37. The molecule has 0 bridgehead atoms. The van der Waals surface area contributed by atoms with E-state index in [9.17, 15) is 9.59 Å². The first kappa shape index (κ1) is 18.9. The summed E-state index contributed by atoms with van der Waals surface area (Å²) in [5, 5.41) is 9.71. The van der Waals surface area contributed by atoms with E-state index in [0.29, 0.717) is 18.2 Å². The molecule has 1 atom stereocenters. The van der Waals surface area contributed by atoms with E-state index in [-0.39, 0.29) is 6.04 Å². The first-order chi connectivity index (χ1) is 14.2. The Bertz CT molecular complexity index is 968. The lowest BCUT2D eigenvalue weighted by Crippen LogP contribution is -2.41. The summed E-state index contributed by atoms with van der Waals surface area (Å²) in [4.78, 5) is 29.0. The van der Waals surface area contributed by atoms with E-state index in [0.717, 1.165) is 30.4 Å². The number of anilines is 1. The van der Waals surface area contributed by atoms with Crippen LogP contribution >= 0.6 is 0 Å². The molecule has 2 N–H and O–H groups in total. The van der Waals surface area contributed by atoms with E-state index in [4.69, 9.17) is 0 Å². The molecule has 2 aromatic carbocycles. The lowest BCUT2D eigenvalue weighted by atomic mass is 9.77. The Morgan fingerprint density at radius 3 is 2.59 bits per heavy atom. The largest absolute Gasteiger partial charge is 0.341 e. The van der Waals surface area contributed by atoms with Crippen LogP contribution in [0, 0.1) is 5.92 Å². The number of nitrogens with zero attached hydrogens (tertiary/aromatic N) is 3. The first-order valence-electron chi connectivity index (χ1n) is 9.77. The molecule has 7 heteroatoms. The van der Waals surface area contributed by atoms with Crippen LogP contribution in [0.1, 0.15) is 36.4 Å². The van der Waals surface area contributed by atoms with Gasteiger partial charge < -0.3 is 10.6 Å². The highest BCUT2D eigenvalue weighted by Gasteiger charge is 2.31. The van der Waals surface area contributed by atoms with Crippen molar-refractivity contribution in [2.45, 2.75) is 31.8 Å². The Balaban J connectivity index is 1.40. The van der Waals surface area contributed by atoms with Crippen molar-refractivity contribution in [1.29, 1.82) is 0 Å². The molecule has 1 aliphatic rings. The number of hydrogen-bond donors (Lipinski definition) is 2. The van der Waals surface area contributed by atoms with Gasteiger partial charge in [0.25, 0.3) is 0 Å². The summed E-state index contributed by atoms with van der Waals surface area (Å²) in [6.45, 7) is 0.535. The first-order valence-corrected chi connectivity index (χ1v) is 9.77. The predicted octanol–water partition coefficient (Wildman–Crippen LogP) is 2.92. The van der Waals surface area contributed by atoms with Crippen LogP contribution in [0.2, 0.25) is 0 Å². The third-order valence-corrected chi connectivity index (χ3v) is 5.27. The van der Waals surface area contributed by atoms with Crippen molar-refractivity contribution in [1.82, 2.24) is 20.1 Å². The van der Waals surface area contributed by atoms with Crippen molar-refractivity contribution in [3.63, 3.8) is 0 Å². The van der Waals surface area contributed by atoms with Gasteiger partial charge >= 0.3 is 11.8 Å². The van der Waals surface area contributed by atoms with Gasteiger partial charge in [-0.3, -0.25) is 9.59 Å². The fraction of sp³-hybridized carbons (Fsp3) is 0.273. The van der Waals surface area contributed by atoms with Crippen LogP contribution in [0.5, 0.6) is 0 Å². The minimum atomic E-state index is -0.664. The van der Waals surface area contributed by atoms with E-state index in [1.165, 1.54) is 6.33 Å². The van der Waals surface area contributed by atoms with Crippen molar-refractivity contribution in [2.24, 2.45) is 5.92 Å². The maximum atomic E-state index is 12.6. The number of nitrogens with one attached hydrogen (secondary N) is 2. The molecule has 0 radical (unpaired) electrons. The third kappa shape index (κ3) is 4.68. The fourth-order valence-corrected chi connectivity index (χ4v) is 3.55. The van der Waals surface area contributed by atoms with Gasteiger partial charge in [0.15, 0.2) is 0 Å². The standard InChI is InChI=1S/C22H23N5O2/c28-21(25-19-11-4-6-16(12-19)13-27-15-23-14-24-27)22(29)26-20(18-9-5-10-18)17-7-2-1-3-8-17/h1-4,6-8,11-12,14-15,18,20H,5,9-10,13H2,(H,25,28)(H,26,29)/t20-/m1/s1. The van der Waals surface area contributed by atoms with Crippen LogP contribution in [-0.4, -0.2) is 26.6 Å². The maximum Gasteiger partial charge on any atom is 0.313 e. The molecule has 1 saturated carbocycles. The summed E-state index contributed by atoms with van der Waals surface area (Å²) in [6, 6.07) is 17.1. The second-order valence-electron chi connectivity index (χ2n) is 7.30. The molecular formula is C22H23N5O2. The zero-order chi connectivity index (χ0) is 20.1. The molecule has 0 spiro atoms. The minimum Gasteiger partial charge on any atom is -0.341 e. The Morgan fingerprint density at radius 1 is 1.07 bits per heavy atom. The molecule has 29 heavy (non-hydrogen) atoms. The SMILES string of the molecule is O=C(Nc1cccc(Cn2cncn2)c1)C(=O)N[C@H](c1ccccc1)C1CCC1. The van der Waals surface area contributed by atoms with Crippen LogP contribution in [0.4, 0.5) is 5.69 Å². The van der Waals surface area contributed by atoms with Gasteiger partial charge in [0, 0.05) is 5.69 Å². The van der Waals surface area contributed by atoms with E-state index in [1.54, 1.807) is 17.1 Å². The molecule has 0 saturated heterocycles. The highest BCUT2D eigenvalue weighted by atomic mass is 16.2. The normalized spacial score (nSPS) is 14.6. The topological polar surface area (TPSA) is 88.9 Å². The lowest BCUT2D eigenvalue weighted by Gasteiger charge is -2.34. The van der Waals surface area contributed by atoms with Gasteiger partial charge in [0.2, 0.25) is 0 Å². The molecule has 0 aliphatic heterocycles. The number of carbonyl (C=O) groups excluding carboxylic acids is 2. The van der Waals surface area contributed by atoms with Crippen molar-refractivity contribution in [3.05, 3.63) is 78.4 Å². The lowest BCUT2D eigenvalue weighted by molar-refractivity contribution is -0.137. The van der Waals surface area contributed by atoms with Crippen molar-refractivity contribution >= 4 is 17.5 Å². The Kier molecular flexibility index (Phi) is 5.65. The average Bonchev–Trinajstić information content (AvgIpc) is 3.20. The van der Waals surface area contributed by atoms with Crippen molar-refractivity contribution < 1.29 is 9.59 Å². The van der Waals surface area contributed by atoms with Gasteiger partial charge in [-0.15, -0.1) is 0 Å². The number of aromatic nitrogens is 3. The molecule has 1 aromatic heterocycles. The maximum absolute atomic E-state index is 12.6. The molecule has 1 aliphatic carbocycles. The summed E-state index contributed by atoms with van der Waals surface area (Å²) in [5.74, 6) is -0.907. The molecule has 3 aromatic rings. The number of rotatable bonds is 6. The smallest absolute Gasteiger partial charge is 0.313 e. The van der Waals surface area contributed by atoms with Crippen LogP contribution in [-0.2, 0) is 16.1 Å². The second-order valence-corrected chi connectivity index (χ2v) is 7.30. The average molecular weight is 389 g/mol. The quantitative estimate of drug-likeness (QED) is 0.635. The zero-order valence-corrected chi connectivity index (χ0v) is 16.0. The van der Waals surface area contributed by atoms with Gasteiger partial charge in [-0.25, -0.2) is 9.67 Å². The fourth-order valence-electron chi connectivity index (χ4n) is 3.55. The molecule has 148 valence electrons. The summed E-state index contributed by atoms with van der Waals surface area (Å²) in [6.07, 6.45) is 6.39. The molecule has 1 heterocycles. The van der Waals surface area contributed by atoms with Crippen LogP contribution in [0.25, 0.3) is 0 Å². The van der Waals surface area contributed by atoms with Gasteiger partial charge in [-0.2, -0.15) is 5.10 Å². The van der Waals surface area contributed by atoms with Gasteiger partial charge in [0.05, 0.1) is 12.6 Å². The molecular weight excluding hydrogens is 366 g/mol. The van der Waals surface area contributed by atoms with Gasteiger partial charge in [-0.05, 0) is 42.0 Å². The molecule has 2 amide bonds. The zero-order valence-electron chi connectivity index (χ0n) is 16.0. The van der Waals surface area contributed by atoms with Crippen LogP contribution in [0.3, 0.4) is 0 Å². The summed E-state index contributed by atoms with van der Waals surface area (Å²) < 4.78 is 1.69. The van der Waals surface area contributed by atoms with E-state index in [2.05, 4.69) is 20.7 Å². The van der Waals surface area contributed by atoms with Gasteiger partial charge in [0.1, 0.15) is 12.7 Å². The number of benzene rings is 2.